The van der Waals surface area contributed by atoms with Gasteiger partial charge in [-0.3, -0.25) is 4.98 Å². The topological polar surface area (TPSA) is 59.1 Å². The van der Waals surface area contributed by atoms with E-state index in [1.807, 2.05) is 22.9 Å². The largest absolute Gasteiger partial charge is 0.264 e. The van der Waals surface area contributed by atoms with Gasteiger partial charge in [-0.05, 0) is 45.5 Å². The fourth-order valence-corrected chi connectivity index (χ4v) is 4.56. The molecule has 3 aromatic rings. The van der Waals surface area contributed by atoms with Crippen LogP contribution in [-0.4, -0.2) is 13.4 Å². The lowest BCUT2D eigenvalue weighted by atomic mass is 10.1. The number of hydrogen-bond acceptors (Lipinski definition) is 5. The molecule has 0 amide bonds. The zero-order chi connectivity index (χ0) is 14.7. The van der Waals surface area contributed by atoms with Gasteiger partial charge in [-0.25, -0.2) is 13.1 Å². The molecule has 3 aromatic heterocycles. The second-order valence-electron chi connectivity index (χ2n) is 4.35. The number of rotatable bonds is 5. The van der Waals surface area contributed by atoms with E-state index in [4.69, 9.17) is 0 Å². The Kier molecular flexibility index (Phi) is 4.16. The minimum absolute atomic E-state index is 0.227. The van der Waals surface area contributed by atoms with Crippen LogP contribution in [0.1, 0.15) is 5.56 Å². The Morgan fingerprint density at radius 1 is 1.14 bits per heavy atom. The van der Waals surface area contributed by atoms with Crippen molar-refractivity contribution < 1.29 is 8.42 Å². The summed E-state index contributed by atoms with van der Waals surface area (Å²) in [6.45, 7) is 0.227. The second kappa shape index (κ2) is 6.07. The molecule has 0 spiro atoms. The van der Waals surface area contributed by atoms with Gasteiger partial charge >= 0.3 is 0 Å². The second-order valence-corrected chi connectivity index (χ2v) is 8.07. The average molecular weight is 336 g/mol. The van der Waals surface area contributed by atoms with E-state index in [9.17, 15) is 8.42 Å². The molecule has 0 bridgehead atoms. The fourth-order valence-electron chi connectivity index (χ4n) is 1.84. The predicted molar refractivity (Wildman–Crippen MR) is 85.9 cm³/mol. The van der Waals surface area contributed by atoms with Gasteiger partial charge in [0.15, 0.2) is 0 Å². The highest BCUT2D eigenvalue weighted by Crippen LogP contribution is 2.22. The van der Waals surface area contributed by atoms with Crippen molar-refractivity contribution in [2.24, 2.45) is 0 Å². The van der Waals surface area contributed by atoms with Crippen LogP contribution in [0.15, 0.2) is 57.0 Å². The summed E-state index contributed by atoms with van der Waals surface area (Å²) in [5, 5.41) is 5.78. The Labute approximate surface area is 131 Å². The lowest BCUT2D eigenvalue weighted by Crippen LogP contribution is -2.22. The number of nitrogens with zero attached hydrogens (tertiary/aromatic N) is 1. The maximum absolute atomic E-state index is 12.1. The molecule has 0 aliphatic rings. The van der Waals surface area contributed by atoms with Gasteiger partial charge in [-0.1, -0.05) is 6.07 Å². The molecule has 3 rings (SSSR count). The first-order valence-corrected chi connectivity index (χ1v) is 9.45. The van der Waals surface area contributed by atoms with Gasteiger partial charge in [-0.2, -0.15) is 11.3 Å². The van der Waals surface area contributed by atoms with Crippen LogP contribution in [0.2, 0.25) is 0 Å². The predicted octanol–water partition coefficient (Wildman–Crippen LogP) is 3.35. The van der Waals surface area contributed by atoms with Crippen LogP contribution in [0.3, 0.4) is 0 Å². The van der Waals surface area contributed by atoms with E-state index in [2.05, 4.69) is 9.71 Å². The van der Waals surface area contributed by atoms with Crippen molar-refractivity contribution in [3.8, 4) is 11.1 Å². The zero-order valence-electron chi connectivity index (χ0n) is 10.9. The van der Waals surface area contributed by atoms with Crippen LogP contribution in [0.25, 0.3) is 11.1 Å². The van der Waals surface area contributed by atoms with Crippen molar-refractivity contribution in [2.45, 2.75) is 10.8 Å². The third-order valence-corrected chi connectivity index (χ3v) is 6.36. The number of thiophene rings is 2. The van der Waals surface area contributed by atoms with Crippen LogP contribution in [0.5, 0.6) is 0 Å². The summed E-state index contributed by atoms with van der Waals surface area (Å²) in [5.74, 6) is 0. The van der Waals surface area contributed by atoms with E-state index in [1.165, 1.54) is 11.3 Å². The summed E-state index contributed by atoms with van der Waals surface area (Å²) >= 11 is 2.82. The number of aromatic nitrogens is 1. The van der Waals surface area contributed by atoms with Crippen LogP contribution < -0.4 is 4.72 Å². The van der Waals surface area contributed by atoms with Gasteiger partial charge in [0, 0.05) is 24.5 Å². The standard InChI is InChI=1S/C14H12N2O2S3/c17-21(18,14-2-1-4-20-14)16-8-11-6-13(9-15-7-11)12-3-5-19-10-12/h1-7,9-10,16H,8H2. The normalized spacial score (nSPS) is 11.6. The number of pyridine rings is 1. The summed E-state index contributed by atoms with van der Waals surface area (Å²) in [6, 6.07) is 7.28. The lowest BCUT2D eigenvalue weighted by Gasteiger charge is -2.06. The molecule has 3 heterocycles. The summed E-state index contributed by atoms with van der Waals surface area (Å²) < 4.78 is 27.0. The van der Waals surface area contributed by atoms with Gasteiger partial charge in [0.25, 0.3) is 0 Å². The third kappa shape index (κ3) is 3.38. The molecule has 0 saturated carbocycles. The Morgan fingerprint density at radius 2 is 2.05 bits per heavy atom. The van der Waals surface area contributed by atoms with Crippen molar-refractivity contribution in [1.29, 1.82) is 0 Å². The van der Waals surface area contributed by atoms with Gasteiger partial charge < -0.3 is 0 Å². The highest BCUT2D eigenvalue weighted by Gasteiger charge is 2.14. The van der Waals surface area contributed by atoms with E-state index in [0.29, 0.717) is 4.21 Å². The summed E-state index contributed by atoms with van der Waals surface area (Å²) in [6.07, 6.45) is 3.45. The number of sulfonamides is 1. The van der Waals surface area contributed by atoms with Crippen LogP contribution >= 0.6 is 22.7 Å². The van der Waals surface area contributed by atoms with Gasteiger partial charge in [0.05, 0.1) is 0 Å². The summed E-state index contributed by atoms with van der Waals surface area (Å²) in [7, 11) is -3.44. The SMILES string of the molecule is O=S(=O)(NCc1cncc(-c2ccsc2)c1)c1cccs1. The molecule has 0 aliphatic heterocycles. The number of hydrogen-bond donors (Lipinski definition) is 1. The summed E-state index contributed by atoms with van der Waals surface area (Å²) in [5.41, 5.74) is 2.92. The van der Waals surface area contributed by atoms with Gasteiger partial charge in [0.1, 0.15) is 4.21 Å². The zero-order valence-corrected chi connectivity index (χ0v) is 13.3. The molecule has 0 aliphatic carbocycles. The molecule has 0 radical (unpaired) electrons. The molecule has 1 N–H and O–H groups in total. The maximum Gasteiger partial charge on any atom is 0.250 e. The molecule has 0 fully saturated rings. The van der Waals surface area contributed by atoms with E-state index in [0.717, 1.165) is 16.7 Å². The molecular weight excluding hydrogens is 324 g/mol. The van der Waals surface area contributed by atoms with E-state index >= 15 is 0 Å². The van der Waals surface area contributed by atoms with Crippen LogP contribution in [0, 0.1) is 0 Å². The van der Waals surface area contributed by atoms with E-state index in [1.54, 1.807) is 41.2 Å². The third-order valence-electron chi connectivity index (χ3n) is 2.88. The maximum atomic E-state index is 12.1. The first kappa shape index (κ1) is 14.4. The lowest BCUT2D eigenvalue weighted by molar-refractivity contribution is 0.583. The van der Waals surface area contributed by atoms with Crippen LogP contribution in [-0.2, 0) is 16.6 Å². The molecule has 4 nitrogen and oxygen atoms in total. The van der Waals surface area contributed by atoms with Crippen molar-refractivity contribution in [3.63, 3.8) is 0 Å². The van der Waals surface area contributed by atoms with E-state index < -0.39 is 10.0 Å². The molecule has 7 heteroatoms. The minimum Gasteiger partial charge on any atom is -0.264 e. The molecule has 0 unspecified atom stereocenters. The molecule has 0 atom stereocenters. The van der Waals surface area contributed by atoms with E-state index in [-0.39, 0.29) is 6.54 Å². The van der Waals surface area contributed by atoms with Crippen LogP contribution in [0.4, 0.5) is 0 Å². The molecule has 108 valence electrons. The first-order chi connectivity index (χ1) is 10.1. The first-order valence-electron chi connectivity index (χ1n) is 6.15. The minimum atomic E-state index is -3.44. The highest BCUT2D eigenvalue weighted by atomic mass is 32.2. The fraction of sp³-hybridized carbons (Fsp3) is 0.0714. The molecular formula is C14H12N2O2S3. The smallest absolute Gasteiger partial charge is 0.250 e. The quantitative estimate of drug-likeness (QED) is 0.777. The Bertz CT molecular complexity index is 810. The average Bonchev–Trinajstić information content (AvgIpc) is 3.18. The van der Waals surface area contributed by atoms with Gasteiger partial charge in [-0.15, -0.1) is 11.3 Å². The molecule has 0 saturated heterocycles. The summed E-state index contributed by atoms with van der Waals surface area (Å²) in [4.78, 5) is 4.18. The molecule has 0 aromatic carbocycles. The van der Waals surface area contributed by atoms with Crippen molar-refractivity contribution >= 4 is 32.7 Å². The van der Waals surface area contributed by atoms with Crippen molar-refractivity contribution in [3.05, 3.63) is 58.4 Å². The highest BCUT2D eigenvalue weighted by molar-refractivity contribution is 7.91. The molecule has 21 heavy (non-hydrogen) atoms. The van der Waals surface area contributed by atoms with Gasteiger partial charge in [0.2, 0.25) is 10.0 Å². The monoisotopic (exact) mass is 336 g/mol. The number of nitrogens with one attached hydrogen (secondary N) is 1. The van der Waals surface area contributed by atoms with Crippen molar-refractivity contribution in [2.75, 3.05) is 0 Å². The van der Waals surface area contributed by atoms with Crippen molar-refractivity contribution in [1.82, 2.24) is 9.71 Å². The Hall–Kier alpha value is -1.54. The Morgan fingerprint density at radius 3 is 2.76 bits per heavy atom. The Balaban J connectivity index is 1.76.